The summed E-state index contributed by atoms with van der Waals surface area (Å²) in [6.07, 6.45) is 4.94. The highest BCUT2D eigenvalue weighted by molar-refractivity contribution is 5.98. The van der Waals surface area contributed by atoms with Gasteiger partial charge >= 0.3 is 5.97 Å². The number of nitrogens with one attached hydrogen (secondary N) is 1. The van der Waals surface area contributed by atoms with Crippen molar-refractivity contribution < 1.29 is 33.8 Å². The molecule has 3 aliphatic rings. The van der Waals surface area contributed by atoms with Crippen LogP contribution >= 0.6 is 0 Å². The number of likely N-dealkylation sites (tertiary alicyclic amines) is 1. The zero-order valence-electron chi connectivity index (χ0n) is 32.0. The number of esters is 1. The van der Waals surface area contributed by atoms with E-state index in [9.17, 15) is 19.5 Å². The normalized spacial score (nSPS) is 26.5. The molecule has 1 aromatic rings. The highest BCUT2D eigenvalue weighted by Crippen LogP contribution is 2.60. The lowest BCUT2D eigenvalue weighted by atomic mass is 9.70. The summed E-state index contributed by atoms with van der Waals surface area (Å²) in [7, 11) is 0. The number of fused-ring (bicyclic) bond motifs is 1. The van der Waals surface area contributed by atoms with E-state index in [4.69, 9.17) is 9.47 Å². The van der Waals surface area contributed by atoms with Gasteiger partial charge in [0.15, 0.2) is 0 Å². The van der Waals surface area contributed by atoms with Gasteiger partial charge in [0, 0.05) is 18.5 Å². The molecule has 10 heteroatoms. The number of hydrogen-bond acceptors (Lipinski definition) is 7. The Kier molecular flexibility index (Phi) is 12.7. The maximum absolute atomic E-state index is 15.1. The number of aliphatic hydroxyl groups excluding tert-OH is 1. The molecular weight excluding hydrogens is 646 g/mol. The summed E-state index contributed by atoms with van der Waals surface area (Å²) in [6.45, 7) is 23.8. The lowest BCUT2D eigenvalue weighted by molar-refractivity contribution is -0.163. The van der Waals surface area contributed by atoms with E-state index in [2.05, 4.69) is 39.2 Å². The van der Waals surface area contributed by atoms with Crippen molar-refractivity contribution in [2.45, 2.75) is 135 Å². The Morgan fingerprint density at radius 1 is 1.14 bits per heavy atom. The number of nitrogens with zero attached hydrogens (tertiary/aromatic N) is 2. The molecule has 0 aromatic heterocycles. The van der Waals surface area contributed by atoms with Gasteiger partial charge in [0.25, 0.3) is 0 Å². The van der Waals surface area contributed by atoms with Crippen molar-refractivity contribution >= 4 is 23.7 Å². The maximum Gasteiger partial charge on any atom is 0.313 e. The molecule has 3 amide bonds. The van der Waals surface area contributed by atoms with Crippen LogP contribution in [0.25, 0.3) is 0 Å². The van der Waals surface area contributed by atoms with Crippen LogP contribution in [0.5, 0.6) is 0 Å². The van der Waals surface area contributed by atoms with E-state index in [-0.39, 0.29) is 48.6 Å². The average Bonchev–Trinajstić information content (AvgIpc) is 3.71. The van der Waals surface area contributed by atoms with Crippen LogP contribution in [0.4, 0.5) is 0 Å². The first-order chi connectivity index (χ1) is 24.0. The molecule has 9 atom stereocenters. The first-order valence-electron chi connectivity index (χ1n) is 18.7. The Balaban J connectivity index is 1.76. The highest BCUT2D eigenvalue weighted by Gasteiger charge is 2.76. The lowest BCUT2D eigenvalue weighted by Crippen LogP contribution is -2.63. The molecule has 4 rings (SSSR count). The van der Waals surface area contributed by atoms with E-state index in [1.54, 1.807) is 28.9 Å². The predicted molar refractivity (Wildman–Crippen MR) is 197 cm³/mol. The fourth-order valence-electron chi connectivity index (χ4n) is 9.06. The van der Waals surface area contributed by atoms with Crippen LogP contribution in [0.15, 0.2) is 55.6 Å². The van der Waals surface area contributed by atoms with Crippen molar-refractivity contribution in [3.8, 4) is 0 Å². The third-order valence-electron chi connectivity index (χ3n) is 11.2. The van der Waals surface area contributed by atoms with Crippen LogP contribution in [0, 0.1) is 23.2 Å². The molecule has 3 aliphatic heterocycles. The van der Waals surface area contributed by atoms with Gasteiger partial charge in [-0.15, -0.1) is 13.2 Å². The van der Waals surface area contributed by atoms with Crippen LogP contribution in [-0.4, -0.2) is 87.1 Å². The van der Waals surface area contributed by atoms with Crippen LogP contribution < -0.4 is 5.32 Å². The third kappa shape index (κ3) is 8.12. The molecule has 282 valence electrons. The van der Waals surface area contributed by atoms with Gasteiger partial charge in [-0.05, 0) is 63.4 Å². The molecule has 0 aliphatic carbocycles. The smallest absolute Gasteiger partial charge is 0.313 e. The molecule has 10 nitrogen and oxygen atoms in total. The van der Waals surface area contributed by atoms with Gasteiger partial charge in [-0.1, -0.05) is 83.5 Å². The lowest BCUT2D eigenvalue weighted by Gasteiger charge is -2.47. The fourth-order valence-corrected chi connectivity index (χ4v) is 9.06. The summed E-state index contributed by atoms with van der Waals surface area (Å²) < 4.78 is 13.1. The van der Waals surface area contributed by atoms with Gasteiger partial charge in [-0.25, -0.2) is 0 Å². The van der Waals surface area contributed by atoms with Crippen molar-refractivity contribution in [3.05, 3.63) is 61.2 Å². The highest BCUT2D eigenvalue weighted by atomic mass is 16.6. The predicted octanol–water partition coefficient (Wildman–Crippen LogP) is 5.75. The number of rotatable bonds is 17. The maximum atomic E-state index is 15.1. The standard InChI is InChI=1S/C41H61N3O7/c1-11-14-20-31(46)42-27(5)34(28-18-16-15-17-19-28)50-38(49)32-30-21-22-41(51-30)33(32)36(47)44(29(24-45)26(4)13-3)35(41)37(48)43(23-12-2)40(9,10)25-39(6,7)8/h11-12,15-19,26-27,29-30,32-35,45H,1-2,13-14,20-25H2,3-10H3,(H,42,46)/t26-,27-,29-,30+,32-,33-,34-,35+,41-/m0/s1. The molecule has 0 unspecified atom stereocenters. The first-order valence-corrected chi connectivity index (χ1v) is 18.7. The second-order valence-electron chi connectivity index (χ2n) is 16.7. The minimum absolute atomic E-state index is 0.103. The molecule has 0 saturated carbocycles. The number of hydrogen-bond donors (Lipinski definition) is 2. The average molecular weight is 708 g/mol. The van der Waals surface area contributed by atoms with E-state index in [1.807, 2.05) is 58.0 Å². The number of allylic oxidation sites excluding steroid dienone is 1. The van der Waals surface area contributed by atoms with E-state index >= 15 is 4.79 Å². The number of ether oxygens (including phenoxy) is 2. The molecule has 51 heavy (non-hydrogen) atoms. The Morgan fingerprint density at radius 3 is 2.37 bits per heavy atom. The van der Waals surface area contributed by atoms with Crippen molar-refractivity contribution in [2.24, 2.45) is 23.2 Å². The van der Waals surface area contributed by atoms with E-state index < -0.39 is 59.3 Å². The molecule has 3 saturated heterocycles. The zero-order chi connectivity index (χ0) is 37.9. The van der Waals surface area contributed by atoms with Gasteiger partial charge in [0.05, 0.1) is 36.6 Å². The van der Waals surface area contributed by atoms with Crippen molar-refractivity contribution in [1.29, 1.82) is 0 Å². The second-order valence-corrected chi connectivity index (χ2v) is 16.7. The SMILES string of the molecule is C=CCCC(=O)N[C@@H](C)[C@H](OC(=O)[C@@H]1[C@H]2C(=O)N([C@@H](CO)[C@@H](C)CC)[C@H](C(=O)N(CC=C)C(C)(C)CC(C)(C)C)[C@]23CC[C@H]1O3)c1ccccc1. The summed E-state index contributed by atoms with van der Waals surface area (Å²) in [5, 5.41) is 13.8. The van der Waals surface area contributed by atoms with Gasteiger partial charge in [-0.3, -0.25) is 19.2 Å². The van der Waals surface area contributed by atoms with Gasteiger partial charge in [0.1, 0.15) is 17.7 Å². The molecule has 2 bridgehead atoms. The van der Waals surface area contributed by atoms with Gasteiger partial charge in [0.2, 0.25) is 17.7 Å². The zero-order valence-corrected chi connectivity index (χ0v) is 32.0. The summed E-state index contributed by atoms with van der Waals surface area (Å²) >= 11 is 0. The van der Waals surface area contributed by atoms with E-state index in [0.29, 0.717) is 37.7 Å². The van der Waals surface area contributed by atoms with Crippen molar-refractivity contribution in [1.82, 2.24) is 15.1 Å². The minimum Gasteiger partial charge on any atom is -0.455 e. The monoisotopic (exact) mass is 707 g/mol. The minimum atomic E-state index is -1.27. The van der Waals surface area contributed by atoms with E-state index in [0.717, 1.165) is 0 Å². The molecule has 0 radical (unpaired) electrons. The van der Waals surface area contributed by atoms with Crippen LogP contribution in [0.1, 0.15) is 106 Å². The number of carbonyl (C=O) groups is 4. The number of amides is 3. The summed E-state index contributed by atoms with van der Waals surface area (Å²) in [6, 6.07) is 6.94. The Hall–Kier alpha value is -3.50. The number of carbonyl (C=O) groups excluding carboxylic acids is 4. The molecular formula is C41H61N3O7. The Bertz CT molecular complexity index is 1440. The van der Waals surface area contributed by atoms with Crippen LogP contribution in [0.2, 0.25) is 0 Å². The van der Waals surface area contributed by atoms with Crippen molar-refractivity contribution in [2.75, 3.05) is 13.2 Å². The molecule has 3 heterocycles. The Morgan fingerprint density at radius 2 is 1.80 bits per heavy atom. The van der Waals surface area contributed by atoms with E-state index in [1.165, 1.54) is 0 Å². The quantitative estimate of drug-likeness (QED) is 0.156. The van der Waals surface area contributed by atoms with Crippen LogP contribution in [-0.2, 0) is 28.7 Å². The topological polar surface area (TPSA) is 125 Å². The first kappa shape index (κ1) is 40.3. The summed E-state index contributed by atoms with van der Waals surface area (Å²) in [4.78, 5) is 60.6. The molecule has 1 aromatic carbocycles. The molecule has 1 spiro atoms. The molecule has 2 N–H and O–H groups in total. The number of aliphatic hydroxyl groups is 1. The van der Waals surface area contributed by atoms with Gasteiger partial charge < -0.3 is 29.7 Å². The number of benzene rings is 1. The van der Waals surface area contributed by atoms with Crippen LogP contribution in [0.3, 0.4) is 0 Å². The summed E-state index contributed by atoms with van der Waals surface area (Å²) in [5.74, 6) is -3.50. The fraction of sp³-hybridized carbons (Fsp3) is 0.659. The Labute approximate surface area is 305 Å². The van der Waals surface area contributed by atoms with Gasteiger partial charge in [-0.2, -0.15) is 0 Å². The third-order valence-corrected chi connectivity index (χ3v) is 11.2. The summed E-state index contributed by atoms with van der Waals surface area (Å²) in [5.41, 5.74) is -1.28. The largest absolute Gasteiger partial charge is 0.455 e. The van der Waals surface area contributed by atoms with Crippen molar-refractivity contribution in [3.63, 3.8) is 0 Å². The second kappa shape index (κ2) is 16.0. The molecule has 3 fully saturated rings.